The molecular weight excluding hydrogens is 572 g/mol. The molecule has 0 fully saturated rings. The van der Waals surface area contributed by atoms with Gasteiger partial charge in [-0.15, -0.1) is 0 Å². The topological polar surface area (TPSA) is 21.3 Å². The Kier molecular flexibility index (Phi) is 5.70. The molecule has 2 aromatic heterocycles. The standard InChI is InChI=1S/C44H30N2O/c1-2-10-33(11-3-1)45-27-31-18-21-34(46-41-15-7-4-12-36(41)37-13-5-8-16-42(37)46)26-40(31)35-22-19-29(24-32(35)28-45)30-20-23-39-38-14-6-9-17-43(38)47-44(39)25-30/h1-26H,27-28H2. The predicted octanol–water partition coefficient (Wildman–Crippen LogP) is 11.5. The molecule has 3 heterocycles. The minimum atomic E-state index is 0.819. The third-order valence-electron chi connectivity index (χ3n) is 9.88. The van der Waals surface area contributed by atoms with Gasteiger partial charge in [0.25, 0.3) is 0 Å². The van der Waals surface area contributed by atoms with Crippen LogP contribution in [0.25, 0.3) is 71.7 Å². The van der Waals surface area contributed by atoms with E-state index in [0.717, 1.165) is 40.6 Å². The molecule has 0 amide bonds. The molecule has 0 radical (unpaired) electrons. The molecule has 3 heteroatoms. The lowest BCUT2D eigenvalue weighted by molar-refractivity contribution is 0.669. The second kappa shape index (κ2) is 10.2. The van der Waals surface area contributed by atoms with Crippen LogP contribution in [0, 0.1) is 0 Å². The fraction of sp³-hybridized carbons (Fsp3) is 0.0455. The summed E-state index contributed by atoms with van der Waals surface area (Å²) in [5.74, 6) is 0. The minimum absolute atomic E-state index is 0.819. The lowest BCUT2D eigenvalue weighted by Crippen LogP contribution is -2.20. The second-order valence-corrected chi connectivity index (χ2v) is 12.6. The number of benzene rings is 7. The fourth-order valence-electron chi connectivity index (χ4n) is 7.65. The highest BCUT2D eigenvalue weighted by Gasteiger charge is 2.22. The van der Waals surface area contributed by atoms with Gasteiger partial charge in [-0.3, -0.25) is 0 Å². The average Bonchev–Trinajstić information content (AvgIpc) is 3.62. The molecule has 0 spiro atoms. The predicted molar refractivity (Wildman–Crippen MR) is 195 cm³/mol. The van der Waals surface area contributed by atoms with E-state index >= 15 is 0 Å². The number of anilines is 1. The highest BCUT2D eigenvalue weighted by molar-refractivity contribution is 6.09. The van der Waals surface area contributed by atoms with Gasteiger partial charge in [-0.2, -0.15) is 0 Å². The molecule has 0 atom stereocenters. The third-order valence-corrected chi connectivity index (χ3v) is 9.88. The monoisotopic (exact) mass is 602 g/mol. The van der Waals surface area contributed by atoms with E-state index in [4.69, 9.17) is 4.42 Å². The number of fused-ring (bicyclic) bond motifs is 9. The van der Waals surface area contributed by atoms with Gasteiger partial charge in [-0.25, -0.2) is 0 Å². The number of hydrogen-bond donors (Lipinski definition) is 0. The molecule has 10 rings (SSSR count). The first-order valence-corrected chi connectivity index (χ1v) is 16.2. The average molecular weight is 603 g/mol. The van der Waals surface area contributed by atoms with Crippen molar-refractivity contribution in [3.8, 4) is 27.9 Å². The van der Waals surface area contributed by atoms with Crippen molar-refractivity contribution in [3.63, 3.8) is 0 Å². The van der Waals surface area contributed by atoms with Crippen LogP contribution in [0.1, 0.15) is 11.1 Å². The summed E-state index contributed by atoms with van der Waals surface area (Å²) in [6.45, 7) is 1.65. The number of para-hydroxylation sites is 4. The van der Waals surface area contributed by atoms with Crippen LogP contribution in [0.3, 0.4) is 0 Å². The van der Waals surface area contributed by atoms with Gasteiger partial charge in [0.2, 0.25) is 0 Å². The van der Waals surface area contributed by atoms with Crippen molar-refractivity contribution >= 4 is 49.4 Å². The van der Waals surface area contributed by atoms with Gasteiger partial charge in [0.15, 0.2) is 0 Å². The maximum absolute atomic E-state index is 6.27. The number of aromatic nitrogens is 1. The van der Waals surface area contributed by atoms with E-state index in [-0.39, 0.29) is 0 Å². The highest BCUT2D eigenvalue weighted by Crippen LogP contribution is 2.40. The van der Waals surface area contributed by atoms with E-state index in [1.807, 2.05) is 12.1 Å². The molecule has 1 aliphatic rings. The molecule has 222 valence electrons. The molecule has 0 aliphatic carbocycles. The van der Waals surface area contributed by atoms with Gasteiger partial charge in [-0.1, -0.05) is 97.1 Å². The Hall–Kier alpha value is -6.06. The summed E-state index contributed by atoms with van der Waals surface area (Å²) < 4.78 is 8.69. The van der Waals surface area contributed by atoms with Crippen LogP contribution in [0.4, 0.5) is 5.69 Å². The van der Waals surface area contributed by atoms with Crippen molar-refractivity contribution in [2.75, 3.05) is 4.90 Å². The lowest BCUT2D eigenvalue weighted by atomic mass is 9.92. The highest BCUT2D eigenvalue weighted by atomic mass is 16.3. The zero-order chi connectivity index (χ0) is 30.9. The van der Waals surface area contributed by atoms with Crippen molar-refractivity contribution in [1.29, 1.82) is 0 Å². The Balaban J connectivity index is 1.16. The molecule has 47 heavy (non-hydrogen) atoms. The van der Waals surface area contributed by atoms with Gasteiger partial charge in [-0.05, 0) is 94.0 Å². The van der Waals surface area contributed by atoms with E-state index in [9.17, 15) is 0 Å². The van der Waals surface area contributed by atoms with Crippen molar-refractivity contribution in [1.82, 2.24) is 4.57 Å². The molecule has 0 saturated carbocycles. The summed E-state index contributed by atoms with van der Waals surface area (Å²) in [7, 11) is 0. The second-order valence-electron chi connectivity index (χ2n) is 12.6. The Morgan fingerprint density at radius 1 is 0.404 bits per heavy atom. The Labute approximate surface area is 272 Å². The maximum Gasteiger partial charge on any atom is 0.136 e. The molecule has 0 bridgehead atoms. The summed E-state index contributed by atoms with van der Waals surface area (Å²) in [6, 6.07) is 57.2. The molecule has 3 nitrogen and oxygen atoms in total. The maximum atomic E-state index is 6.27. The largest absolute Gasteiger partial charge is 0.456 e. The van der Waals surface area contributed by atoms with Gasteiger partial charge in [0, 0.05) is 46.0 Å². The first-order chi connectivity index (χ1) is 23.3. The SMILES string of the molecule is c1ccc(N2Cc3cc(-c4ccc5c(c4)oc4ccccc45)ccc3-c3cc(-n4c5ccccc5c5ccccc54)ccc3C2)cc1. The van der Waals surface area contributed by atoms with Crippen molar-refractivity contribution in [2.45, 2.75) is 13.1 Å². The van der Waals surface area contributed by atoms with Crippen molar-refractivity contribution in [3.05, 3.63) is 169 Å². The van der Waals surface area contributed by atoms with E-state index < -0.39 is 0 Å². The first-order valence-electron chi connectivity index (χ1n) is 16.2. The lowest BCUT2D eigenvalue weighted by Gasteiger charge is -2.24. The van der Waals surface area contributed by atoms with Crippen LogP contribution >= 0.6 is 0 Å². The summed E-state index contributed by atoms with van der Waals surface area (Å²) in [6.07, 6.45) is 0. The molecular formula is C44H30N2O. The number of nitrogens with zero attached hydrogens (tertiary/aromatic N) is 2. The Morgan fingerprint density at radius 2 is 1.04 bits per heavy atom. The molecule has 0 unspecified atom stereocenters. The molecule has 0 saturated heterocycles. The van der Waals surface area contributed by atoms with Crippen LogP contribution in [-0.4, -0.2) is 4.57 Å². The van der Waals surface area contributed by atoms with Gasteiger partial charge in [0.1, 0.15) is 11.2 Å². The van der Waals surface area contributed by atoms with Crippen LogP contribution in [0.15, 0.2) is 162 Å². The van der Waals surface area contributed by atoms with Crippen molar-refractivity contribution < 1.29 is 4.42 Å². The quantitative estimate of drug-likeness (QED) is 0.201. The molecule has 9 aromatic rings. The third kappa shape index (κ3) is 4.13. The first kappa shape index (κ1) is 26.2. The summed E-state index contributed by atoms with van der Waals surface area (Å²) in [5.41, 5.74) is 14.3. The van der Waals surface area contributed by atoms with Gasteiger partial charge >= 0.3 is 0 Å². The van der Waals surface area contributed by atoms with E-state index in [1.54, 1.807) is 0 Å². The smallest absolute Gasteiger partial charge is 0.136 e. The number of hydrogen-bond acceptors (Lipinski definition) is 2. The molecule has 7 aromatic carbocycles. The van der Waals surface area contributed by atoms with Gasteiger partial charge in [0.05, 0.1) is 11.0 Å². The van der Waals surface area contributed by atoms with Crippen LogP contribution in [0.5, 0.6) is 0 Å². The van der Waals surface area contributed by atoms with E-state index in [1.165, 1.54) is 61.0 Å². The summed E-state index contributed by atoms with van der Waals surface area (Å²) >= 11 is 0. The summed E-state index contributed by atoms with van der Waals surface area (Å²) in [5, 5.41) is 4.87. The number of rotatable bonds is 3. The van der Waals surface area contributed by atoms with Gasteiger partial charge < -0.3 is 13.9 Å². The zero-order valence-electron chi connectivity index (χ0n) is 25.7. The van der Waals surface area contributed by atoms with Crippen molar-refractivity contribution in [2.24, 2.45) is 0 Å². The fourth-order valence-corrected chi connectivity index (χ4v) is 7.65. The zero-order valence-corrected chi connectivity index (χ0v) is 25.7. The normalized spacial score (nSPS) is 12.9. The number of furan rings is 1. The minimum Gasteiger partial charge on any atom is -0.456 e. The van der Waals surface area contributed by atoms with Crippen LogP contribution in [-0.2, 0) is 13.1 Å². The van der Waals surface area contributed by atoms with E-state index in [2.05, 4.69) is 155 Å². The van der Waals surface area contributed by atoms with Crippen LogP contribution < -0.4 is 4.90 Å². The Bertz CT molecular complexity index is 2590. The molecule has 0 N–H and O–H groups in total. The Morgan fingerprint density at radius 3 is 1.85 bits per heavy atom. The summed E-state index contributed by atoms with van der Waals surface area (Å²) in [4.78, 5) is 2.50. The van der Waals surface area contributed by atoms with E-state index in [0.29, 0.717) is 0 Å². The van der Waals surface area contributed by atoms with Crippen LogP contribution in [0.2, 0.25) is 0 Å². The molecule has 1 aliphatic heterocycles.